The maximum Gasteiger partial charge on any atom is 0.274 e. The Bertz CT molecular complexity index is 944. The van der Waals surface area contributed by atoms with Gasteiger partial charge in [-0.05, 0) is 43.5 Å². The molecule has 2 N–H and O–H groups in total. The van der Waals surface area contributed by atoms with E-state index in [1.165, 1.54) is 5.56 Å². The van der Waals surface area contributed by atoms with Gasteiger partial charge in [-0.2, -0.15) is 0 Å². The van der Waals surface area contributed by atoms with Crippen LogP contribution in [-0.4, -0.2) is 22.4 Å². The summed E-state index contributed by atoms with van der Waals surface area (Å²) >= 11 is 6.11. The van der Waals surface area contributed by atoms with Gasteiger partial charge in [0.1, 0.15) is 17.3 Å². The number of carbonyl (C=O) groups is 1. The predicted octanol–water partition coefficient (Wildman–Crippen LogP) is 4.65. The van der Waals surface area contributed by atoms with E-state index in [0.29, 0.717) is 28.0 Å². The van der Waals surface area contributed by atoms with Crippen molar-refractivity contribution in [3.63, 3.8) is 0 Å². The van der Waals surface area contributed by atoms with Gasteiger partial charge in [-0.25, -0.2) is 9.97 Å². The number of nitrogens with zero attached hydrogens (tertiary/aromatic N) is 2. The zero-order valence-corrected chi connectivity index (χ0v) is 16.0. The molecule has 0 fully saturated rings. The summed E-state index contributed by atoms with van der Waals surface area (Å²) in [7, 11) is 0. The first-order chi connectivity index (χ1) is 13.0. The maximum absolute atomic E-state index is 12.5. The van der Waals surface area contributed by atoms with Gasteiger partial charge in [-0.1, -0.05) is 48.0 Å². The van der Waals surface area contributed by atoms with Crippen molar-refractivity contribution in [1.82, 2.24) is 9.97 Å². The summed E-state index contributed by atoms with van der Waals surface area (Å²) < 4.78 is 0. The minimum Gasteiger partial charge on any atom is -0.370 e. The number of anilines is 2. The van der Waals surface area contributed by atoms with Gasteiger partial charge in [0.15, 0.2) is 0 Å². The lowest BCUT2D eigenvalue weighted by Crippen LogP contribution is -2.16. The van der Waals surface area contributed by atoms with Crippen LogP contribution in [0.3, 0.4) is 0 Å². The molecule has 0 aliphatic carbocycles. The Morgan fingerprint density at radius 2 is 1.81 bits per heavy atom. The molecular weight excluding hydrogens is 360 g/mol. The molecule has 6 heteroatoms. The van der Waals surface area contributed by atoms with Crippen molar-refractivity contribution in [2.75, 3.05) is 17.2 Å². The molecule has 5 nitrogen and oxygen atoms in total. The van der Waals surface area contributed by atoms with E-state index in [1.807, 2.05) is 37.3 Å². The highest BCUT2D eigenvalue weighted by molar-refractivity contribution is 6.31. The Labute approximate surface area is 163 Å². The maximum atomic E-state index is 12.5. The fourth-order valence-corrected chi connectivity index (χ4v) is 2.80. The first-order valence-corrected chi connectivity index (χ1v) is 9.10. The lowest BCUT2D eigenvalue weighted by molar-refractivity contribution is 0.102. The van der Waals surface area contributed by atoms with E-state index in [-0.39, 0.29) is 5.91 Å². The molecule has 2 aromatic carbocycles. The Hall–Kier alpha value is -2.92. The molecule has 0 radical (unpaired) electrons. The van der Waals surface area contributed by atoms with Crippen molar-refractivity contribution >= 4 is 29.0 Å². The van der Waals surface area contributed by atoms with Gasteiger partial charge in [0.2, 0.25) is 0 Å². The summed E-state index contributed by atoms with van der Waals surface area (Å²) in [5, 5.41) is 6.69. The summed E-state index contributed by atoms with van der Waals surface area (Å²) in [6.07, 6.45) is 0.868. The van der Waals surface area contributed by atoms with Crippen molar-refractivity contribution in [1.29, 1.82) is 0 Å². The molecular formula is C21H21ClN4O. The average molecular weight is 381 g/mol. The number of halogens is 1. The number of aryl methyl sites for hydroxylation is 2. The normalized spacial score (nSPS) is 10.5. The molecule has 3 aromatic rings. The molecule has 0 aliphatic heterocycles. The van der Waals surface area contributed by atoms with E-state index in [0.717, 1.165) is 18.5 Å². The van der Waals surface area contributed by atoms with E-state index in [1.54, 1.807) is 19.1 Å². The van der Waals surface area contributed by atoms with Gasteiger partial charge in [0.25, 0.3) is 5.91 Å². The van der Waals surface area contributed by atoms with Crippen LogP contribution in [0.4, 0.5) is 11.5 Å². The summed E-state index contributed by atoms with van der Waals surface area (Å²) in [6.45, 7) is 4.39. The van der Waals surface area contributed by atoms with Crippen LogP contribution in [0, 0.1) is 13.8 Å². The van der Waals surface area contributed by atoms with Crippen LogP contribution in [0.25, 0.3) is 0 Å². The summed E-state index contributed by atoms with van der Waals surface area (Å²) in [6, 6.07) is 17.2. The number of amides is 1. The van der Waals surface area contributed by atoms with E-state index < -0.39 is 0 Å². The molecule has 0 spiro atoms. The van der Waals surface area contributed by atoms with Gasteiger partial charge >= 0.3 is 0 Å². The topological polar surface area (TPSA) is 66.9 Å². The predicted molar refractivity (Wildman–Crippen MR) is 110 cm³/mol. The van der Waals surface area contributed by atoms with Crippen molar-refractivity contribution < 1.29 is 4.79 Å². The second-order valence-electron chi connectivity index (χ2n) is 6.27. The Morgan fingerprint density at radius 3 is 2.56 bits per heavy atom. The molecule has 1 amide bonds. The third-order valence-corrected chi connectivity index (χ3v) is 4.47. The number of carbonyl (C=O) groups excluding carboxylic acids is 1. The zero-order valence-electron chi connectivity index (χ0n) is 15.3. The molecule has 0 atom stereocenters. The molecule has 1 aromatic heterocycles. The van der Waals surface area contributed by atoms with E-state index in [4.69, 9.17) is 11.6 Å². The molecule has 0 saturated heterocycles. The van der Waals surface area contributed by atoms with Crippen molar-refractivity contribution in [2.24, 2.45) is 0 Å². The number of rotatable bonds is 6. The van der Waals surface area contributed by atoms with Crippen LogP contribution in [0.1, 0.15) is 27.4 Å². The zero-order chi connectivity index (χ0) is 19.2. The highest BCUT2D eigenvalue weighted by Gasteiger charge is 2.11. The number of nitrogens with one attached hydrogen (secondary N) is 2. The number of aromatic nitrogens is 2. The van der Waals surface area contributed by atoms with E-state index >= 15 is 0 Å². The van der Waals surface area contributed by atoms with Gasteiger partial charge in [-0.3, -0.25) is 4.79 Å². The lowest BCUT2D eigenvalue weighted by Gasteiger charge is -2.10. The molecule has 0 aliphatic rings. The fourth-order valence-electron chi connectivity index (χ4n) is 2.62. The fraction of sp³-hybridized carbons (Fsp3) is 0.190. The van der Waals surface area contributed by atoms with Crippen molar-refractivity contribution in [2.45, 2.75) is 20.3 Å². The summed E-state index contributed by atoms with van der Waals surface area (Å²) in [4.78, 5) is 21.1. The molecule has 0 unspecified atom stereocenters. The van der Waals surface area contributed by atoms with Crippen LogP contribution in [0.15, 0.2) is 54.6 Å². The van der Waals surface area contributed by atoms with Crippen LogP contribution in [0.5, 0.6) is 0 Å². The first-order valence-electron chi connectivity index (χ1n) is 8.72. The van der Waals surface area contributed by atoms with Gasteiger partial charge in [-0.15, -0.1) is 0 Å². The lowest BCUT2D eigenvalue weighted by atomic mass is 10.1. The van der Waals surface area contributed by atoms with E-state index in [2.05, 4.69) is 32.7 Å². The average Bonchev–Trinajstić information content (AvgIpc) is 2.65. The number of benzene rings is 2. The highest BCUT2D eigenvalue weighted by Crippen LogP contribution is 2.20. The molecule has 1 heterocycles. The molecule has 0 saturated carbocycles. The first kappa shape index (κ1) is 18.9. The molecule has 138 valence electrons. The smallest absolute Gasteiger partial charge is 0.274 e. The molecule has 0 bridgehead atoms. The standard InChI is InChI=1S/C21H21ClN4O/c1-14-8-9-17(12-18(14)22)26-21(27)19-13-20(25-15(2)24-19)23-11-10-16-6-4-3-5-7-16/h3-9,12-13H,10-11H2,1-2H3,(H,26,27)(H,23,24,25). The number of hydrogen-bond donors (Lipinski definition) is 2. The molecule has 3 rings (SSSR count). The minimum atomic E-state index is -0.300. The third kappa shape index (κ3) is 5.28. The van der Waals surface area contributed by atoms with Crippen LogP contribution in [0.2, 0.25) is 5.02 Å². The third-order valence-electron chi connectivity index (χ3n) is 4.06. The van der Waals surface area contributed by atoms with Gasteiger partial charge in [0, 0.05) is 23.3 Å². The van der Waals surface area contributed by atoms with Gasteiger partial charge < -0.3 is 10.6 Å². The Kier molecular flexibility index (Phi) is 6.04. The van der Waals surface area contributed by atoms with Crippen LogP contribution < -0.4 is 10.6 Å². The van der Waals surface area contributed by atoms with Gasteiger partial charge in [0.05, 0.1) is 0 Å². The Balaban J connectivity index is 1.66. The SMILES string of the molecule is Cc1nc(NCCc2ccccc2)cc(C(=O)Nc2ccc(C)c(Cl)c2)n1. The quantitative estimate of drug-likeness (QED) is 0.653. The highest BCUT2D eigenvalue weighted by atomic mass is 35.5. The largest absolute Gasteiger partial charge is 0.370 e. The minimum absolute atomic E-state index is 0.300. The van der Waals surface area contributed by atoms with Crippen molar-refractivity contribution in [3.8, 4) is 0 Å². The van der Waals surface area contributed by atoms with Crippen LogP contribution in [-0.2, 0) is 6.42 Å². The summed E-state index contributed by atoms with van der Waals surface area (Å²) in [5.74, 6) is 0.865. The second-order valence-corrected chi connectivity index (χ2v) is 6.67. The Morgan fingerprint density at radius 1 is 1.04 bits per heavy atom. The van der Waals surface area contributed by atoms with E-state index in [9.17, 15) is 4.79 Å². The van der Waals surface area contributed by atoms with Crippen molar-refractivity contribution in [3.05, 3.63) is 82.3 Å². The van der Waals surface area contributed by atoms with Crippen LogP contribution >= 0.6 is 11.6 Å². The monoisotopic (exact) mass is 380 g/mol. The summed E-state index contributed by atoms with van der Waals surface area (Å²) in [5.41, 5.74) is 3.13. The second kappa shape index (κ2) is 8.64. The number of hydrogen-bond acceptors (Lipinski definition) is 4. The molecule has 27 heavy (non-hydrogen) atoms.